The quantitative estimate of drug-likeness (QED) is 0.664. The monoisotopic (exact) mass is 175 g/mol. The van der Waals surface area contributed by atoms with Gasteiger partial charge in [0, 0.05) is 0 Å². The summed E-state index contributed by atoms with van der Waals surface area (Å²) in [5.41, 5.74) is 1.09. The molecular formula is C9H6FN3. The van der Waals surface area contributed by atoms with Crippen LogP contribution in [0.25, 0.3) is 11.0 Å². The molecule has 4 heteroatoms. The maximum atomic E-state index is 13.1. The van der Waals surface area contributed by atoms with E-state index >= 15 is 0 Å². The molecule has 0 fully saturated rings. The molecule has 0 aliphatic carbocycles. The maximum Gasteiger partial charge on any atom is 0.143 e. The number of hydrogen-bond donors (Lipinski definition) is 1. The Balaban J connectivity index is 2.93. The zero-order valence-corrected chi connectivity index (χ0v) is 6.93. The minimum Gasteiger partial charge on any atom is -0.342 e. The van der Waals surface area contributed by atoms with Gasteiger partial charge in [0.15, 0.2) is 0 Å². The predicted octanol–water partition coefficient (Wildman–Crippen LogP) is 1.88. The molecule has 0 saturated carbocycles. The highest BCUT2D eigenvalue weighted by Gasteiger charge is 2.09. The molecule has 0 saturated heterocycles. The van der Waals surface area contributed by atoms with E-state index in [1.54, 1.807) is 19.1 Å². The molecule has 1 aromatic carbocycles. The number of nitrogens with one attached hydrogen (secondary N) is 1. The van der Waals surface area contributed by atoms with Gasteiger partial charge in [-0.1, -0.05) is 0 Å². The molecule has 0 unspecified atom stereocenters. The summed E-state index contributed by atoms with van der Waals surface area (Å²) in [6, 6.07) is 4.63. The topological polar surface area (TPSA) is 52.5 Å². The third-order valence-electron chi connectivity index (χ3n) is 1.83. The molecule has 1 N–H and O–H groups in total. The first-order valence-electron chi connectivity index (χ1n) is 3.77. The van der Waals surface area contributed by atoms with E-state index in [9.17, 15) is 4.39 Å². The fraction of sp³-hybridized carbons (Fsp3) is 0.111. The molecule has 0 aliphatic rings. The Morgan fingerprint density at radius 1 is 1.54 bits per heavy atom. The van der Waals surface area contributed by atoms with Crippen molar-refractivity contribution in [3.05, 3.63) is 29.3 Å². The summed E-state index contributed by atoms with van der Waals surface area (Å²) < 4.78 is 13.1. The molecule has 2 rings (SSSR count). The van der Waals surface area contributed by atoms with Gasteiger partial charge in [-0.2, -0.15) is 5.26 Å². The minimum absolute atomic E-state index is 0.00171. The van der Waals surface area contributed by atoms with Crippen LogP contribution in [0, 0.1) is 24.1 Å². The Hall–Kier alpha value is -1.89. The average Bonchev–Trinajstić information content (AvgIpc) is 2.45. The lowest BCUT2D eigenvalue weighted by molar-refractivity contribution is 0.625. The highest BCUT2D eigenvalue weighted by molar-refractivity contribution is 5.81. The highest BCUT2D eigenvalue weighted by Crippen LogP contribution is 2.18. The fourth-order valence-electron chi connectivity index (χ4n) is 1.28. The first-order valence-corrected chi connectivity index (χ1v) is 3.77. The number of halogens is 1. The molecule has 0 bridgehead atoms. The lowest BCUT2D eigenvalue weighted by Gasteiger charge is -1.92. The van der Waals surface area contributed by atoms with E-state index in [2.05, 4.69) is 9.97 Å². The van der Waals surface area contributed by atoms with Crippen LogP contribution < -0.4 is 0 Å². The largest absolute Gasteiger partial charge is 0.342 e. The fourth-order valence-corrected chi connectivity index (χ4v) is 1.28. The molecule has 0 aliphatic heterocycles. The van der Waals surface area contributed by atoms with Crippen LogP contribution in [0.1, 0.15) is 11.4 Å². The van der Waals surface area contributed by atoms with E-state index in [1.807, 2.05) is 0 Å². The number of imidazole rings is 1. The van der Waals surface area contributed by atoms with Crippen molar-refractivity contribution in [3.63, 3.8) is 0 Å². The number of benzene rings is 1. The number of nitrogens with zero attached hydrogens (tertiary/aromatic N) is 2. The predicted molar refractivity (Wildman–Crippen MR) is 45.5 cm³/mol. The van der Waals surface area contributed by atoms with Crippen LogP contribution in [0.2, 0.25) is 0 Å². The van der Waals surface area contributed by atoms with Crippen molar-refractivity contribution >= 4 is 11.0 Å². The lowest BCUT2D eigenvalue weighted by Crippen LogP contribution is -1.84. The highest BCUT2D eigenvalue weighted by atomic mass is 19.1. The second-order valence-electron chi connectivity index (χ2n) is 2.75. The molecule has 0 radical (unpaired) electrons. The first-order chi connectivity index (χ1) is 6.22. The van der Waals surface area contributed by atoms with Crippen LogP contribution in [0.3, 0.4) is 0 Å². The third kappa shape index (κ3) is 1.05. The molecule has 0 amide bonds. The van der Waals surface area contributed by atoms with Gasteiger partial charge in [0.05, 0.1) is 5.52 Å². The van der Waals surface area contributed by atoms with Crippen LogP contribution in [-0.2, 0) is 0 Å². The molecule has 13 heavy (non-hydrogen) atoms. The second-order valence-corrected chi connectivity index (χ2v) is 2.75. The summed E-state index contributed by atoms with van der Waals surface area (Å²) in [6.45, 7) is 1.76. The van der Waals surface area contributed by atoms with Crippen molar-refractivity contribution in [1.82, 2.24) is 9.97 Å². The van der Waals surface area contributed by atoms with Crippen molar-refractivity contribution in [2.45, 2.75) is 6.92 Å². The summed E-state index contributed by atoms with van der Waals surface area (Å²) in [5, 5.41) is 8.68. The zero-order valence-electron chi connectivity index (χ0n) is 6.93. The van der Waals surface area contributed by atoms with Crippen molar-refractivity contribution in [2.24, 2.45) is 0 Å². The van der Waals surface area contributed by atoms with Crippen LogP contribution in [0.15, 0.2) is 12.1 Å². The van der Waals surface area contributed by atoms with Gasteiger partial charge in [0.25, 0.3) is 0 Å². The molecule has 64 valence electrons. The first kappa shape index (κ1) is 7.74. The van der Waals surface area contributed by atoms with Gasteiger partial charge in [0.2, 0.25) is 0 Å². The summed E-state index contributed by atoms with van der Waals surface area (Å²) >= 11 is 0. The van der Waals surface area contributed by atoms with Crippen LogP contribution >= 0.6 is 0 Å². The average molecular weight is 175 g/mol. The number of aryl methyl sites for hydroxylation is 1. The Morgan fingerprint density at radius 2 is 2.31 bits per heavy atom. The zero-order chi connectivity index (χ0) is 9.42. The molecule has 1 heterocycles. The molecule has 0 atom stereocenters. The van der Waals surface area contributed by atoms with Crippen molar-refractivity contribution in [3.8, 4) is 6.07 Å². The number of fused-ring (bicyclic) bond motifs is 1. The Morgan fingerprint density at radius 3 is 3.00 bits per heavy atom. The number of H-pyrrole nitrogens is 1. The third-order valence-corrected chi connectivity index (χ3v) is 1.83. The number of aromatic nitrogens is 2. The van der Waals surface area contributed by atoms with Crippen LogP contribution in [0.5, 0.6) is 0 Å². The summed E-state index contributed by atoms with van der Waals surface area (Å²) in [4.78, 5) is 6.96. The Labute approximate surface area is 73.8 Å². The number of rotatable bonds is 0. The van der Waals surface area contributed by atoms with Gasteiger partial charge in [-0.25, -0.2) is 9.37 Å². The van der Waals surface area contributed by atoms with E-state index < -0.39 is 5.82 Å². The Bertz CT molecular complexity index is 507. The molecular weight excluding hydrogens is 169 g/mol. The van der Waals surface area contributed by atoms with E-state index in [1.165, 1.54) is 6.07 Å². The molecule has 1 aromatic heterocycles. The van der Waals surface area contributed by atoms with Crippen molar-refractivity contribution in [1.29, 1.82) is 5.26 Å². The molecule has 3 nitrogen and oxygen atoms in total. The molecule has 2 aromatic rings. The normalized spacial score (nSPS) is 10.2. The van der Waals surface area contributed by atoms with Gasteiger partial charge in [-0.15, -0.1) is 0 Å². The van der Waals surface area contributed by atoms with Gasteiger partial charge in [-0.3, -0.25) is 0 Å². The summed E-state index contributed by atoms with van der Waals surface area (Å²) in [5.74, 6) is 0.151. The number of hydrogen-bond acceptors (Lipinski definition) is 2. The summed E-state index contributed by atoms with van der Waals surface area (Å²) in [7, 11) is 0. The van der Waals surface area contributed by atoms with Crippen LogP contribution in [-0.4, -0.2) is 9.97 Å². The van der Waals surface area contributed by atoms with Gasteiger partial charge in [0.1, 0.15) is 28.8 Å². The second kappa shape index (κ2) is 2.56. The molecule has 0 spiro atoms. The van der Waals surface area contributed by atoms with Gasteiger partial charge < -0.3 is 4.98 Å². The van der Waals surface area contributed by atoms with Crippen molar-refractivity contribution in [2.75, 3.05) is 0 Å². The van der Waals surface area contributed by atoms with Gasteiger partial charge >= 0.3 is 0 Å². The van der Waals surface area contributed by atoms with E-state index in [0.29, 0.717) is 16.9 Å². The van der Waals surface area contributed by atoms with E-state index in [0.717, 1.165) is 0 Å². The lowest BCUT2D eigenvalue weighted by atomic mass is 10.2. The maximum absolute atomic E-state index is 13.1. The van der Waals surface area contributed by atoms with Crippen LogP contribution in [0.4, 0.5) is 4.39 Å². The SMILES string of the molecule is Cc1nc2c(C#N)c(F)ccc2[nH]1. The van der Waals surface area contributed by atoms with Crippen molar-refractivity contribution < 1.29 is 4.39 Å². The van der Waals surface area contributed by atoms with E-state index in [-0.39, 0.29) is 5.56 Å². The van der Waals surface area contributed by atoms with Gasteiger partial charge in [-0.05, 0) is 19.1 Å². The number of nitriles is 1. The summed E-state index contributed by atoms with van der Waals surface area (Å²) in [6.07, 6.45) is 0. The number of aromatic amines is 1. The smallest absolute Gasteiger partial charge is 0.143 e. The van der Waals surface area contributed by atoms with E-state index in [4.69, 9.17) is 5.26 Å². The Kier molecular flexibility index (Phi) is 1.52. The standard InChI is InChI=1S/C9H6FN3/c1-5-12-8-3-2-7(10)6(4-11)9(8)13-5/h2-3H,1H3,(H,12,13). The minimum atomic E-state index is -0.526.